The Labute approximate surface area is 98.6 Å². The second-order valence-corrected chi connectivity index (χ2v) is 5.48. The summed E-state index contributed by atoms with van der Waals surface area (Å²) in [4.78, 5) is 1.81. The van der Waals surface area contributed by atoms with E-state index in [9.17, 15) is 0 Å². The van der Waals surface area contributed by atoms with Crippen molar-refractivity contribution in [2.75, 3.05) is 0 Å². The van der Waals surface area contributed by atoms with Crippen LogP contribution in [0.1, 0.15) is 6.92 Å². The van der Waals surface area contributed by atoms with E-state index in [0.29, 0.717) is 10.1 Å². The number of rotatable bonds is 0. The van der Waals surface area contributed by atoms with Crippen LogP contribution in [0, 0.1) is 0 Å². The van der Waals surface area contributed by atoms with E-state index < -0.39 is 0 Å². The van der Waals surface area contributed by atoms with Crippen LogP contribution < -0.4 is 0 Å². The Morgan fingerprint density at radius 3 is 2.50 bits per heavy atom. The Morgan fingerprint density at radius 2 is 2.00 bits per heavy atom. The molecule has 1 unspecified atom stereocenters. The van der Waals surface area contributed by atoms with E-state index in [4.69, 9.17) is 23.2 Å². The third-order valence-electron chi connectivity index (χ3n) is 1.67. The van der Waals surface area contributed by atoms with Crippen molar-refractivity contribution >= 4 is 55.1 Å². The van der Waals surface area contributed by atoms with Crippen molar-refractivity contribution in [1.82, 2.24) is 0 Å². The molecule has 12 heavy (non-hydrogen) atoms. The predicted molar refractivity (Wildman–Crippen MR) is 62.2 cm³/mol. The third kappa shape index (κ3) is 1.98. The lowest BCUT2D eigenvalue weighted by Gasteiger charge is -2.26. The summed E-state index contributed by atoms with van der Waals surface area (Å²) < 4.78 is -0.323. The molecule has 0 aromatic carbocycles. The fourth-order valence-electron chi connectivity index (χ4n) is 0.854. The summed E-state index contributed by atoms with van der Waals surface area (Å²) in [6.45, 7) is 1.97. The Hall–Kier alpha value is 0.760. The van der Waals surface area contributed by atoms with Gasteiger partial charge in [0.1, 0.15) is 0 Å². The molecule has 0 amide bonds. The van der Waals surface area contributed by atoms with Gasteiger partial charge in [-0.15, -0.1) is 0 Å². The maximum atomic E-state index is 6.00. The van der Waals surface area contributed by atoms with Crippen LogP contribution in [0.2, 0.25) is 0 Å². The third-order valence-corrected chi connectivity index (χ3v) is 3.98. The lowest BCUT2D eigenvalue weighted by Crippen LogP contribution is -2.20. The molecule has 0 aromatic heterocycles. The quantitative estimate of drug-likeness (QED) is 0.565. The number of hydrogen-bond donors (Lipinski definition) is 0. The van der Waals surface area contributed by atoms with Crippen molar-refractivity contribution in [2.24, 2.45) is 0 Å². The van der Waals surface area contributed by atoms with E-state index >= 15 is 0 Å². The van der Waals surface area contributed by atoms with Crippen LogP contribution >= 0.6 is 55.1 Å². The Balaban J connectivity index is 3.18. The van der Waals surface area contributed by atoms with Gasteiger partial charge in [0.25, 0.3) is 0 Å². The van der Waals surface area contributed by atoms with Gasteiger partial charge in [-0.3, -0.25) is 0 Å². The molecule has 0 fully saturated rings. The molecule has 1 rings (SSSR count). The molecular formula is C8H6Br2Cl2. The van der Waals surface area contributed by atoms with Gasteiger partial charge in [-0.05, 0) is 29.6 Å². The summed E-state index contributed by atoms with van der Waals surface area (Å²) in [6.07, 6.45) is 3.59. The molecule has 0 saturated heterocycles. The van der Waals surface area contributed by atoms with Crippen LogP contribution in [-0.4, -0.2) is 4.32 Å². The van der Waals surface area contributed by atoms with Crippen LogP contribution in [0.4, 0.5) is 0 Å². The molecule has 4 heteroatoms. The molecule has 1 aliphatic rings. The van der Waals surface area contributed by atoms with E-state index in [1.807, 2.05) is 13.0 Å². The van der Waals surface area contributed by atoms with Gasteiger partial charge in [-0.2, -0.15) is 0 Å². The molecule has 0 aliphatic heterocycles. The van der Waals surface area contributed by atoms with Gasteiger partial charge in [0.05, 0.1) is 4.32 Å². The highest BCUT2D eigenvalue weighted by atomic mass is 79.9. The summed E-state index contributed by atoms with van der Waals surface area (Å²) in [5.74, 6) is 0. The molecule has 0 heterocycles. The highest BCUT2D eigenvalue weighted by Gasteiger charge is 2.30. The number of allylic oxidation sites excluding steroid dienone is 5. The average molecular weight is 333 g/mol. The largest absolute Gasteiger partial charge is 0.0872 e. The summed E-state index contributed by atoms with van der Waals surface area (Å²) in [5.41, 5.74) is 1.00. The second-order valence-electron chi connectivity index (χ2n) is 2.59. The lowest BCUT2D eigenvalue weighted by molar-refractivity contribution is 0.951. The zero-order valence-electron chi connectivity index (χ0n) is 6.24. The van der Waals surface area contributed by atoms with Gasteiger partial charge >= 0.3 is 0 Å². The molecule has 66 valence electrons. The maximum Gasteiger partial charge on any atom is 0.0838 e. The van der Waals surface area contributed by atoms with E-state index in [1.165, 1.54) is 0 Å². The van der Waals surface area contributed by atoms with Crippen LogP contribution in [0.3, 0.4) is 0 Å². The van der Waals surface area contributed by atoms with Gasteiger partial charge in [0, 0.05) is 10.1 Å². The number of halogens is 4. The molecule has 0 spiro atoms. The number of hydrogen-bond acceptors (Lipinski definition) is 0. The lowest BCUT2D eigenvalue weighted by atomic mass is 9.97. The first-order chi connectivity index (χ1) is 5.48. The predicted octanol–water partition coefficient (Wildman–Crippen LogP) is 4.68. The Morgan fingerprint density at radius 1 is 1.42 bits per heavy atom. The molecule has 1 atom stereocenters. The first-order valence-electron chi connectivity index (χ1n) is 3.23. The Bertz CT molecular complexity index is 287. The standard InChI is InChI=1S/C8H6Br2Cl2/c1-8(10)5(4-9)2-6(11)3-7(8)12/h2-4H,1H3/b5-4+. The first kappa shape index (κ1) is 10.8. The molecule has 1 aliphatic carbocycles. The highest BCUT2D eigenvalue weighted by Crippen LogP contribution is 2.42. The van der Waals surface area contributed by atoms with E-state index in [-0.39, 0.29) is 4.32 Å². The van der Waals surface area contributed by atoms with Gasteiger partial charge in [0.15, 0.2) is 0 Å². The van der Waals surface area contributed by atoms with Crippen LogP contribution in [0.25, 0.3) is 0 Å². The minimum atomic E-state index is -0.323. The maximum absolute atomic E-state index is 6.00. The SMILES string of the molecule is CC1(Br)C(Cl)=CC(Cl)=C/C1=C\Br. The topological polar surface area (TPSA) is 0 Å². The highest BCUT2D eigenvalue weighted by molar-refractivity contribution is 9.11. The molecule has 0 bridgehead atoms. The fraction of sp³-hybridized carbons (Fsp3) is 0.250. The van der Waals surface area contributed by atoms with Crippen LogP contribution in [-0.2, 0) is 0 Å². The zero-order chi connectivity index (χ0) is 9.35. The molecule has 0 aromatic rings. The normalized spacial score (nSPS) is 33.2. The van der Waals surface area contributed by atoms with Gasteiger partial charge < -0.3 is 0 Å². The van der Waals surface area contributed by atoms with Crippen molar-refractivity contribution in [1.29, 1.82) is 0 Å². The molecule has 0 saturated carbocycles. The van der Waals surface area contributed by atoms with E-state index in [1.54, 1.807) is 11.1 Å². The van der Waals surface area contributed by atoms with Gasteiger partial charge in [-0.1, -0.05) is 55.1 Å². The van der Waals surface area contributed by atoms with E-state index in [0.717, 1.165) is 5.57 Å². The smallest absolute Gasteiger partial charge is 0.0838 e. The molecule has 0 radical (unpaired) electrons. The van der Waals surface area contributed by atoms with E-state index in [2.05, 4.69) is 31.9 Å². The molecular weight excluding hydrogens is 327 g/mol. The fourth-order valence-corrected chi connectivity index (χ4v) is 2.60. The van der Waals surface area contributed by atoms with Crippen molar-refractivity contribution in [3.05, 3.63) is 32.8 Å². The van der Waals surface area contributed by atoms with Crippen molar-refractivity contribution in [3.8, 4) is 0 Å². The minimum Gasteiger partial charge on any atom is -0.0872 e. The van der Waals surface area contributed by atoms with Crippen LogP contribution in [0.5, 0.6) is 0 Å². The monoisotopic (exact) mass is 330 g/mol. The van der Waals surface area contributed by atoms with Crippen LogP contribution in [0.15, 0.2) is 32.8 Å². The average Bonchev–Trinajstić information content (AvgIpc) is 1.97. The van der Waals surface area contributed by atoms with Crippen molar-refractivity contribution < 1.29 is 0 Å². The molecule has 0 N–H and O–H groups in total. The zero-order valence-corrected chi connectivity index (χ0v) is 10.9. The second kappa shape index (κ2) is 3.87. The van der Waals surface area contributed by atoms with Crippen molar-refractivity contribution in [3.63, 3.8) is 0 Å². The summed E-state index contributed by atoms with van der Waals surface area (Å²) >= 11 is 18.6. The summed E-state index contributed by atoms with van der Waals surface area (Å²) in [5, 5.41) is 1.32. The Kier molecular flexibility index (Phi) is 3.49. The minimum absolute atomic E-state index is 0.323. The van der Waals surface area contributed by atoms with Gasteiger partial charge in [0.2, 0.25) is 0 Å². The van der Waals surface area contributed by atoms with Crippen molar-refractivity contribution in [2.45, 2.75) is 11.2 Å². The number of alkyl halides is 1. The summed E-state index contributed by atoms with van der Waals surface area (Å²) in [7, 11) is 0. The molecule has 0 nitrogen and oxygen atoms in total. The first-order valence-corrected chi connectivity index (χ1v) is 5.69. The van der Waals surface area contributed by atoms with Gasteiger partial charge in [-0.25, -0.2) is 0 Å². The summed E-state index contributed by atoms with van der Waals surface area (Å²) in [6, 6.07) is 0.